The Kier molecular flexibility index (Phi) is 4.81. The first-order chi connectivity index (χ1) is 9.58. The van der Waals surface area contributed by atoms with Gasteiger partial charge in [0.2, 0.25) is 5.91 Å². The molecule has 4 nitrogen and oxygen atoms in total. The zero-order chi connectivity index (χ0) is 14.6. The summed E-state index contributed by atoms with van der Waals surface area (Å²) in [6.45, 7) is 4.14. The van der Waals surface area contributed by atoms with Crippen molar-refractivity contribution in [3.63, 3.8) is 0 Å². The lowest BCUT2D eigenvalue weighted by atomic mass is 9.95. The number of hydrogen-bond donors (Lipinski definition) is 1. The van der Waals surface area contributed by atoms with E-state index in [4.69, 9.17) is 4.52 Å². The molecule has 0 fully saturated rings. The molecule has 5 heteroatoms. The van der Waals surface area contributed by atoms with Crippen LogP contribution in [0, 0.1) is 0 Å². The molecule has 20 heavy (non-hydrogen) atoms. The van der Waals surface area contributed by atoms with E-state index < -0.39 is 0 Å². The van der Waals surface area contributed by atoms with Crippen LogP contribution in [0.15, 0.2) is 28.8 Å². The smallest absolute Gasteiger partial charge is 0.226 e. The molecular weight excluding hydrogens is 320 g/mol. The molecule has 0 spiro atoms. The molecule has 0 saturated carbocycles. The molecule has 1 aromatic heterocycles. The predicted molar refractivity (Wildman–Crippen MR) is 83.0 cm³/mol. The Labute approximate surface area is 127 Å². The maximum Gasteiger partial charge on any atom is 0.226 e. The van der Waals surface area contributed by atoms with Gasteiger partial charge in [-0.2, -0.15) is 0 Å². The van der Waals surface area contributed by atoms with Gasteiger partial charge in [0.15, 0.2) is 5.58 Å². The van der Waals surface area contributed by atoms with E-state index in [1.54, 1.807) is 0 Å². The maximum atomic E-state index is 12.2. The average Bonchev–Trinajstić information content (AvgIpc) is 2.82. The SMILES string of the molecule is CCC(C)(CCBr)NC(=O)Cc1noc2ccccc12. The summed E-state index contributed by atoms with van der Waals surface area (Å²) in [5.41, 5.74) is 1.23. The fourth-order valence-corrected chi connectivity index (χ4v) is 3.01. The minimum Gasteiger partial charge on any atom is -0.356 e. The molecule has 1 N–H and O–H groups in total. The Balaban J connectivity index is 2.08. The minimum absolute atomic E-state index is 0.0191. The number of nitrogens with zero attached hydrogens (tertiary/aromatic N) is 1. The first-order valence-corrected chi connectivity index (χ1v) is 7.90. The number of carbonyl (C=O) groups excluding carboxylic acids is 1. The molecule has 0 aliphatic carbocycles. The molecule has 0 aliphatic heterocycles. The van der Waals surface area contributed by atoms with Gasteiger partial charge in [0.25, 0.3) is 0 Å². The van der Waals surface area contributed by atoms with Crippen molar-refractivity contribution >= 4 is 32.8 Å². The highest BCUT2D eigenvalue weighted by atomic mass is 79.9. The van der Waals surface area contributed by atoms with Crippen LogP contribution in [-0.4, -0.2) is 21.9 Å². The highest BCUT2D eigenvalue weighted by Crippen LogP contribution is 2.19. The van der Waals surface area contributed by atoms with E-state index in [0.29, 0.717) is 11.3 Å². The summed E-state index contributed by atoms with van der Waals surface area (Å²) < 4.78 is 5.22. The normalized spacial score (nSPS) is 14.2. The van der Waals surface area contributed by atoms with Crippen molar-refractivity contribution in [1.29, 1.82) is 0 Å². The number of hydrogen-bond acceptors (Lipinski definition) is 3. The second-order valence-electron chi connectivity index (χ2n) is 5.20. The minimum atomic E-state index is -0.180. The number of alkyl halides is 1. The summed E-state index contributed by atoms with van der Waals surface area (Å²) in [5, 5.41) is 8.86. The number of para-hydroxylation sites is 1. The second-order valence-corrected chi connectivity index (χ2v) is 6.00. The van der Waals surface area contributed by atoms with Gasteiger partial charge in [-0.25, -0.2) is 0 Å². The molecule has 0 saturated heterocycles. The number of nitrogens with one attached hydrogen (secondary N) is 1. The van der Waals surface area contributed by atoms with Crippen LogP contribution in [0.5, 0.6) is 0 Å². The van der Waals surface area contributed by atoms with Crippen molar-refractivity contribution in [2.45, 2.75) is 38.6 Å². The Morgan fingerprint density at radius 2 is 2.20 bits per heavy atom. The van der Waals surface area contributed by atoms with Gasteiger partial charge >= 0.3 is 0 Å². The molecule has 0 radical (unpaired) electrons. The van der Waals surface area contributed by atoms with Crippen molar-refractivity contribution in [1.82, 2.24) is 10.5 Å². The zero-order valence-electron chi connectivity index (χ0n) is 11.8. The van der Waals surface area contributed by atoms with Crippen molar-refractivity contribution in [3.8, 4) is 0 Å². The van der Waals surface area contributed by atoms with Crippen LogP contribution in [0.2, 0.25) is 0 Å². The van der Waals surface area contributed by atoms with Gasteiger partial charge in [-0.1, -0.05) is 40.1 Å². The fourth-order valence-electron chi connectivity index (χ4n) is 2.13. The lowest BCUT2D eigenvalue weighted by Crippen LogP contribution is -2.46. The van der Waals surface area contributed by atoms with Crippen LogP contribution >= 0.6 is 15.9 Å². The number of amides is 1. The molecule has 1 unspecified atom stereocenters. The summed E-state index contributed by atoms with van der Waals surface area (Å²) in [4.78, 5) is 12.2. The van der Waals surface area contributed by atoms with Gasteiger partial charge in [-0.3, -0.25) is 4.79 Å². The van der Waals surface area contributed by atoms with E-state index in [0.717, 1.165) is 23.6 Å². The molecule has 1 heterocycles. The average molecular weight is 339 g/mol. The van der Waals surface area contributed by atoms with Gasteiger partial charge in [0.1, 0.15) is 5.69 Å². The molecule has 1 amide bonds. The van der Waals surface area contributed by atoms with Crippen molar-refractivity contribution < 1.29 is 9.32 Å². The highest BCUT2D eigenvalue weighted by Gasteiger charge is 2.24. The van der Waals surface area contributed by atoms with Crippen molar-refractivity contribution in [3.05, 3.63) is 30.0 Å². The van der Waals surface area contributed by atoms with Crippen LogP contribution in [0.25, 0.3) is 11.0 Å². The molecular formula is C15H19BrN2O2. The number of benzene rings is 1. The zero-order valence-corrected chi connectivity index (χ0v) is 13.4. The van der Waals surface area contributed by atoms with E-state index in [2.05, 4.69) is 40.3 Å². The largest absolute Gasteiger partial charge is 0.356 e. The number of halogens is 1. The van der Waals surface area contributed by atoms with Crippen molar-refractivity contribution in [2.24, 2.45) is 0 Å². The molecule has 2 rings (SSSR count). The van der Waals surface area contributed by atoms with Crippen LogP contribution in [0.3, 0.4) is 0 Å². The highest BCUT2D eigenvalue weighted by molar-refractivity contribution is 9.09. The topological polar surface area (TPSA) is 55.1 Å². The quantitative estimate of drug-likeness (QED) is 0.821. The van der Waals surface area contributed by atoms with Gasteiger partial charge in [-0.15, -0.1) is 0 Å². The van der Waals surface area contributed by atoms with Gasteiger partial charge < -0.3 is 9.84 Å². The summed E-state index contributed by atoms with van der Waals surface area (Å²) in [6, 6.07) is 7.58. The van der Waals surface area contributed by atoms with Gasteiger partial charge in [0, 0.05) is 16.3 Å². The van der Waals surface area contributed by atoms with Crippen LogP contribution < -0.4 is 5.32 Å². The first kappa shape index (κ1) is 15.0. The molecule has 0 aliphatic rings. The van der Waals surface area contributed by atoms with E-state index in [9.17, 15) is 4.79 Å². The third kappa shape index (κ3) is 3.39. The fraction of sp³-hybridized carbons (Fsp3) is 0.467. The Morgan fingerprint density at radius 1 is 1.45 bits per heavy atom. The molecule has 108 valence electrons. The monoisotopic (exact) mass is 338 g/mol. The number of rotatable bonds is 6. The molecule has 1 atom stereocenters. The molecule has 2 aromatic rings. The van der Waals surface area contributed by atoms with Gasteiger partial charge in [0.05, 0.1) is 6.42 Å². The summed E-state index contributed by atoms with van der Waals surface area (Å²) in [7, 11) is 0. The van der Waals surface area contributed by atoms with Crippen LogP contribution in [0.4, 0.5) is 0 Å². The standard InChI is InChI=1S/C15H19BrN2O2/c1-3-15(2,8-9-16)17-14(19)10-12-11-6-4-5-7-13(11)20-18-12/h4-7H,3,8-10H2,1-2H3,(H,17,19). The Hall–Kier alpha value is -1.36. The molecule has 1 aromatic carbocycles. The third-order valence-corrected chi connectivity index (χ3v) is 4.04. The van der Waals surface area contributed by atoms with E-state index in [1.165, 1.54) is 0 Å². The van der Waals surface area contributed by atoms with E-state index in [-0.39, 0.29) is 17.9 Å². The Bertz CT molecular complexity index is 596. The van der Waals surface area contributed by atoms with Crippen LogP contribution in [0.1, 0.15) is 32.4 Å². The second kappa shape index (κ2) is 6.39. The van der Waals surface area contributed by atoms with E-state index >= 15 is 0 Å². The van der Waals surface area contributed by atoms with Crippen LogP contribution in [-0.2, 0) is 11.2 Å². The predicted octanol–water partition coefficient (Wildman–Crippen LogP) is 3.44. The lowest BCUT2D eigenvalue weighted by molar-refractivity contribution is -0.122. The van der Waals surface area contributed by atoms with E-state index in [1.807, 2.05) is 24.3 Å². The van der Waals surface area contributed by atoms with Gasteiger partial charge in [-0.05, 0) is 31.9 Å². The maximum absolute atomic E-state index is 12.2. The first-order valence-electron chi connectivity index (χ1n) is 6.78. The third-order valence-electron chi connectivity index (χ3n) is 3.65. The Morgan fingerprint density at radius 3 is 2.90 bits per heavy atom. The number of carbonyl (C=O) groups is 1. The summed E-state index contributed by atoms with van der Waals surface area (Å²) >= 11 is 3.43. The summed E-state index contributed by atoms with van der Waals surface area (Å²) in [6.07, 6.45) is 2.04. The number of fused-ring (bicyclic) bond motifs is 1. The number of aromatic nitrogens is 1. The van der Waals surface area contributed by atoms with Crippen molar-refractivity contribution in [2.75, 3.05) is 5.33 Å². The molecule has 0 bridgehead atoms. The summed E-state index contributed by atoms with van der Waals surface area (Å²) in [5.74, 6) is -0.0191. The lowest BCUT2D eigenvalue weighted by Gasteiger charge is -2.28.